The third-order valence-corrected chi connectivity index (χ3v) is 7.99. The number of nitrogens with zero attached hydrogens (tertiary/aromatic N) is 2. The van der Waals surface area contributed by atoms with Crippen molar-refractivity contribution in [1.29, 1.82) is 0 Å². The Balaban J connectivity index is 0.000000342. The van der Waals surface area contributed by atoms with Crippen LogP contribution in [0, 0.1) is 11.6 Å². The van der Waals surface area contributed by atoms with Crippen LogP contribution in [0.2, 0.25) is 0 Å². The molecule has 1 aliphatic heterocycles. The lowest BCUT2D eigenvalue weighted by Gasteiger charge is -2.36. The number of aromatic nitrogens is 1. The van der Waals surface area contributed by atoms with Crippen LogP contribution >= 0.6 is 11.5 Å². The molecule has 2 atom stereocenters. The van der Waals surface area contributed by atoms with E-state index in [1.165, 1.54) is 17.6 Å². The molecule has 2 aromatic carbocycles. The zero-order valence-electron chi connectivity index (χ0n) is 20.1. The Morgan fingerprint density at radius 1 is 1.03 bits per heavy atom. The van der Waals surface area contributed by atoms with Gasteiger partial charge < -0.3 is 15.3 Å². The molecule has 0 unspecified atom stereocenters. The van der Waals surface area contributed by atoms with E-state index in [1.807, 2.05) is 13.8 Å². The molecule has 2 heterocycles. The Bertz CT molecular complexity index is 1500. The van der Waals surface area contributed by atoms with E-state index in [4.69, 9.17) is 9.11 Å². The number of fused-ring (bicyclic) bond motifs is 1. The number of amides is 1. The monoisotopic (exact) mass is 593 g/mol. The molecule has 0 spiro atoms. The lowest BCUT2D eigenvalue weighted by molar-refractivity contribution is 0.0676. The topological polar surface area (TPSA) is 174 Å². The highest BCUT2D eigenvalue weighted by molar-refractivity contribution is 7.89. The van der Waals surface area contributed by atoms with Gasteiger partial charge in [0.15, 0.2) is 0 Å². The number of aromatic hydroxyl groups is 1. The maximum absolute atomic E-state index is 14.4. The summed E-state index contributed by atoms with van der Waals surface area (Å²) in [6.07, 6.45) is 1.58. The maximum atomic E-state index is 14.4. The minimum Gasteiger partial charge on any atom is -0.508 e. The normalized spacial score (nSPS) is 18.2. The summed E-state index contributed by atoms with van der Waals surface area (Å²) >= 11 is 1.18. The average Bonchev–Trinajstić information content (AvgIpc) is 3.24. The predicted octanol–water partition coefficient (Wildman–Crippen LogP) is 2.53. The van der Waals surface area contributed by atoms with Crippen molar-refractivity contribution in [2.75, 3.05) is 24.6 Å². The van der Waals surface area contributed by atoms with Crippen molar-refractivity contribution < 1.29 is 44.6 Å². The van der Waals surface area contributed by atoms with Crippen molar-refractivity contribution in [3.05, 3.63) is 47.7 Å². The molecule has 1 amide bonds. The van der Waals surface area contributed by atoms with Crippen molar-refractivity contribution in [1.82, 2.24) is 14.6 Å². The largest absolute Gasteiger partial charge is 0.508 e. The number of carbonyl (C=O) groups excluding carboxylic acids is 1. The van der Waals surface area contributed by atoms with Crippen LogP contribution in [0.5, 0.6) is 5.75 Å². The van der Waals surface area contributed by atoms with Crippen LogP contribution in [0.15, 0.2) is 30.5 Å². The third-order valence-electron chi connectivity index (χ3n) is 5.44. The van der Waals surface area contributed by atoms with Gasteiger partial charge in [0.25, 0.3) is 26.1 Å². The van der Waals surface area contributed by atoms with Crippen molar-refractivity contribution in [2.24, 2.45) is 0 Å². The molecule has 4 rings (SSSR count). The van der Waals surface area contributed by atoms with Gasteiger partial charge in [-0.3, -0.25) is 13.9 Å². The van der Waals surface area contributed by atoms with Crippen LogP contribution in [0.1, 0.15) is 24.2 Å². The molecule has 1 aliphatic rings. The molecule has 16 heteroatoms. The van der Waals surface area contributed by atoms with Gasteiger partial charge in [-0.25, -0.2) is 8.78 Å². The maximum Gasteiger partial charge on any atom is 0.265 e. The number of rotatable bonds is 5. The van der Waals surface area contributed by atoms with E-state index in [-0.39, 0.29) is 29.1 Å². The van der Waals surface area contributed by atoms with E-state index >= 15 is 0 Å². The van der Waals surface area contributed by atoms with E-state index in [9.17, 15) is 35.5 Å². The number of phenols is 1. The molecule has 1 saturated heterocycles. The summed E-state index contributed by atoms with van der Waals surface area (Å²) in [4.78, 5) is 15.0. The number of piperazine rings is 1. The molecular weight excluding hydrogens is 568 g/mol. The van der Waals surface area contributed by atoms with E-state index in [2.05, 4.69) is 9.69 Å². The molecule has 208 valence electrons. The summed E-state index contributed by atoms with van der Waals surface area (Å²) in [7, 11) is -8.59. The highest BCUT2D eigenvalue weighted by atomic mass is 32.2. The number of phenolic OH excluding ortho intramolecular Hbond substituents is 1. The van der Waals surface area contributed by atoms with Gasteiger partial charge in [0.1, 0.15) is 17.4 Å². The summed E-state index contributed by atoms with van der Waals surface area (Å²) in [6, 6.07) is 5.14. The van der Waals surface area contributed by atoms with Gasteiger partial charge in [0.2, 0.25) is 0 Å². The SMILES string of the molecule is C[C@@H]1CN(C(=O)c2cc(-c3c(F)cc(O)cc3F)cc3cnsc23)C[C@H](C)N1.O=S(=O)(O)CCS(=O)(=O)O. The Morgan fingerprint density at radius 3 is 2.05 bits per heavy atom. The second-order valence-corrected chi connectivity index (χ2v) is 12.7. The van der Waals surface area contributed by atoms with Gasteiger partial charge in [0, 0.05) is 48.9 Å². The molecule has 4 N–H and O–H groups in total. The Kier molecular flexibility index (Phi) is 9.05. The summed E-state index contributed by atoms with van der Waals surface area (Å²) in [5.41, 5.74) is 0.340. The molecule has 0 saturated carbocycles. The fraction of sp³-hybridized carbons (Fsp3) is 0.364. The standard InChI is InChI=1S/C20H19F2N3O2S.C2H6O6S2/c1-10-8-25(9-11(2)24-10)20(27)15-4-12(3-13-7-23-28-19(13)15)18-16(21)5-14(26)6-17(18)22;3-9(4,5)1-2-10(6,7)8/h3-7,10-11,24,26H,8-9H2,1-2H3;1-2H2,(H,3,4,5)(H,6,7,8)/t10-,11+;. The minimum absolute atomic E-state index is 0.153. The molecule has 0 aliphatic carbocycles. The van der Waals surface area contributed by atoms with Crippen molar-refractivity contribution in [3.8, 4) is 16.9 Å². The predicted molar refractivity (Wildman–Crippen MR) is 137 cm³/mol. The number of benzene rings is 2. The van der Waals surface area contributed by atoms with Gasteiger partial charge >= 0.3 is 0 Å². The molecule has 1 fully saturated rings. The number of carbonyl (C=O) groups is 1. The zero-order valence-corrected chi connectivity index (χ0v) is 22.6. The first-order chi connectivity index (χ1) is 17.5. The smallest absolute Gasteiger partial charge is 0.265 e. The van der Waals surface area contributed by atoms with Gasteiger partial charge in [-0.05, 0) is 43.1 Å². The summed E-state index contributed by atoms with van der Waals surface area (Å²) in [5.74, 6) is -4.41. The fourth-order valence-electron chi connectivity index (χ4n) is 4.00. The molecule has 3 aromatic rings. The number of nitrogens with one attached hydrogen (secondary N) is 1. The Morgan fingerprint density at radius 2 is 1.55 bits per heavy atom. The molecule has 0 radical (unpaired) electrons. The van der Waals surface area contributed by atoms with Crippen LogP contribution in [0.25, 0.3) is 21.2 Å². The summed E-state index contributed by atoms with van der Waals surface area (Å²) in [5, 5.41) is 13.4. The first-order valence-electron chi connectivity index (χ1n) is 11.1. The molecular formula is C22H25F2N3O8S3. The van der Waals surface area contributed by atoms with Crippen molar-refractivity contribution in [2.45, 2.75) is 25.9 Å². The van der Waals surface area contributed by atoms with E-state index < -0.39 is 49.1 Å². The summed E-state index contributed by atoms with van der Waals surface area (Å²) < 4.78 is 89.0. The Labute approximate surface area is 221 Å². The third kappa shape index (κ3) is 7.87. The van der Waals surface area contributed by atoms with Crippen molar-refractivity contribution in [3.63, 3.8) is 0 Å². The van der Waals surface area contributed by atoms with Crippen LogP contribution in [0.4, 0.5) is 8.78 Å². The van der Waals surface area contributed by atoms with E-state index in [0.29, 0.717) is 28.7 Å². The highest BCUT2D eigenvalue weighted by Crippen LogP contribution is 2.35. The Hall–Kier alpha value is -2.76. The van der Waals surface area contributed by atoms with Crippen LogP contribution in [-0.4, -0.2) is 82.9 Å². The highest BCUT2D eigenvalue weighted by Gasteiger charge is 2.28. The van der Waals surface area contributed by atoms with Gasteiger partial charge in [0.05, 0.1) is 27.3 Å². The van der Waals surface area contributed by atoms with Gasteiger partial charge in [-0.15, -0.1) is 0 Å². The molecule has 0 bridgehead atoms. The van der Waals surface area contributed by atoms with Crippen LogP contribution < -0.4 is 5.32 Å². The number of halogens is 2. The van der Waals surface area contributed by atoms with Gasteiger partial charge in [-0.1, -0.05) is 0 Å². The number of hydrogen-bond acceptors (Lipinski definition) is 9. The van der Waals surface area contributed by atoms with Gasteiger partial charge in [-0.2, -0.15) is 21.2 Å². The molecule has 1 aromatic heterocycles. The number of hydrogen-bond donors (Lipinski definition) is 4. The fourth-order valence-corrected chi connectivity index (χ4v) is 6.42. The molecule has 11 nitrogen and oxygen atoms in total. The second-order valence-electron chi connectivity index (χ2n) is 8.80. The van der Waals surface area contributed by atoms with Crippen molar-refractivity contribution >= 4 is 47.8 Å². The quantitative estimate of drug-likeness (QED) is 0.322. The first-order valence-corrected chi connectivity index (χ1v) is 15.1. The van der Waals surface area contributed by atoms with Crippen LogP contribution in [-0.2, 0) is 20.2 Å². The lowest BCUT2D eigenvalue weighted by Crippen LogP contribution is -2.55. The van der Waals surface area contributed by atoms with E-state index in [0.717, 1.165) is 12.1 Å². The molecule has 38 heavy (non-hydrogen) atoms. The first kappa shape index (κ1) is 29.8. The van der Waals surface area contributed by atoms with Crippen LogP contribution in [0.3, 0.4) is 0 Å². The minimum atomic E-state index is -4.30. The average molecular weight is 594 g/mol. The summed E-state index contributed by atoms with van der Waals surface area (Å²) in [6.45, 7) is 5.12. The zero-order chi connectivity index (χ0) is 28.4. The second kappa shape index (κ2) is 11.5. The van der Waals surface area contributed by atoms with E-state index in [1.54, 1.807) is 17.2 Å². The lowest BCUT2D eigenvalue weighted by atomic mass is 9.99.